The van der Waals surface area contributed by atoms with E-state index in [1.165, 1.54) is 56.1 Å². The molecule has 1 fully saturated rings. The number of hydrogen-bond acceptors (Lipinski definition) is 8. The average molecular weight is 598 g/mol. The third-order valence-corrected chi connectivity index (χ3v) is 6.76. The summed E-state index contributed by atoms with van der Waals surface area (Å²) in [5.41, 5.74) is 2.68. The highest BCUT2D eigenvalue weighted by Crippen LogP contribution is 2.35. The number of pyridine rings is 2. The number of likely N-dealkylation sites (tertiary alicyclic amines) is 1. The first kappa shape index (κ1) is 33.2. The number of hydrogen-bond donors (Lipinski definition) is 0. The van der Waals surface area contributed by atoms with Crippen LogP contribution in [0.1, 0.15) is 37.4 Å². The van der Waals surface area contributed by atoms with Crippen molar-refractivity contribution in [1.82, 2.24) is 14.9 Å². The van der Waals surface area contributed by atoms with Gasteiger partial charge in [0.2, 0.25) is 12.3 Å². The van der Waals surface area contributed by atoms with Gasteiger partial charge in [0.25, 0.3) is 6.43 Å². The maximum absolute atomic E-state index is 15.1. The van der Waals surface area contributed by atoms with E-state index in [1.807, 2.05) is 0 Å². The number of aromatic nitrogens is 2. The van der Waals surface area contributed by atoms with Crippen molar-refractivity contribution >= 4 is 30.4 Å². The van der Waals surface area contributed by atoms with Crippen molar-refractivity contribution in [1.29, 1.82) is 0 Å². The lowest BCUT2D eigenvalue weighted by Crippen LogP contribution is -2.29. The van der Waals surface area contributed by atoms with Gasteiger partial charge in [0.05, 0.1) is 29.2 Å². The molecule has 2 aromatic heterocycles. The van der Waals surface area contributed by atoms with Crippen LogP contribution >= 0.6 is 0 Å². The van der Waals surface area contributed by atoms with Gasteiger partial charge in [-0.1, -0.05) is 19.4 Å². The van der Waals surface area contributed by atoms with Crippen molar-refractivity contribution in [3.05, 3.63) is 72.1 Å². The molecule has 1 amide bonds. The molecular formula is C31H38F3N7O2. The molecule has 1 aromatic carbocycles. The number of benzene rings is 1. The molecule has 1 aliphatic heterocycles. The van der Waals surface area contributed by atoms with Crippen LogP contribution in [-0.4, -0.2) is 80.7 Å². The van der Waals surface area contributed by atoms with Crippen LogP contribution in [0.2, 0.25) is 0 Å². The number of halogens is 3. The number of amides is 1. The molecular weight excluding hydrogens is 559 g/mol. The summed E-state index contributed by atoms with van der Waals surface area (Å²) in [4.78, 5) is 25.9. The number of rotatable bonds is 11. The number of nitrogens with zero attached hydrogens (tertiary/aromatic N) is 7. The van der Waals surface area contributed by atoms with E-state index >= 15 is 4.39 Å². The van der Waals surface area contributed by atoms with Gasteiger partial charge in [-0.25, -0.2) is 13.2 Å². The Hall–Kier alpha value is -4.32. The van der Waals surface area contributed by atoms with E-state index in [0.717, 1.165) is 0 Å². The molecule has 4 rings (SSSR count). The van der Waals surface area contributed by atoms with Gasteiger partial charge < -0.3 is 19.4 Å². The monoisotopic (exact) mass is 597 g/mol. The fraction of sp³-hybridized carbons (Fsp3) is 0.387. The van der Waals surface area contributed by atoms with E-state index in [-0.39, 0.29) is 12.4 Å². The fourth-order valence-electron chi connectivity index (χ4n) is 4.53. The number of ether oxygens (including phenoxy) is 1. The molecule has 0 bridgehead atoms. The molecule has 12 heteroatoms. The Morgan fingerprint density at radius 3 is 2.44 bits per heavy atom. The Labute approximate surface area is 250 Å². The second-order valence-corrected chi connectivity index (χ2v) is 9.97. The molecule has 0 radical (unpaired) electrons. The first-order chi connectivity index (χ1) is 20.8. The summed E-state index contributed by atoms with van der Waals surface area (Å²) in [5.74, 6) is -0.669. The normalized spacial score (nSPS) is 13.6. The molecule has 0 N–H and O–H groups in total. The van der Waals surface area contributed by atoms with Gasteiger partial charge in [-0.05, 0) is 56.7 Å². The van der Waals surface area contributed by atoms with Crippen molar-refractivity contribution in [2.24, 2.45) is 10.2 Å². The van der Waals surface area contributed by atoms with Gasteiger partial charge in [-0.2, -0.15) is 5.10 Å². The Bertz CT molecular complexity index is 1330. The minimum Gasteiger partial charge on any atom is -0.470 e. The third kappa shape index (κ3) is 9.88. The Morgan fingerprint density at radius 2 is 1.91 bits per heavy atom. The molecule has 1 aliphatic rings. The maximum Gasteiger partial charge on any atom is 0.272 e. The first-order valence-corrected chi connectivity index (χ1v) is 14.0. The van der Waals surface area contributed by atoms with E-state index < -0.39 is 18.8 Å². The number of carbonyl (C=O) groups excluding carboxylic acids is 1. The van der Waals surface area contributed by atoms with Crippen LogP contribution in [0.3, 0.4) is 0 Å². The van der Waals surface area contributed by atoms with Gasteiger partial charge >= 0.3 is 0 Å². The highest BCUT2D eigenvalue weighted by molar-refractivity contribution is 5.94. The molecule has 3 aromatic rings. The number of alkyl halides is 2. The predicted octanol–water partition coefficient (Wildman–Crippen LogP) is 5.65. The fourth-order valence-corrected chi connectivity index (χ4v) is 4.53. The summed E-state index contributed by atoms with van der Waals surface area (Å²) < 4.78 is 45.0. The summed E-state index contributed by atoms with van der Waals surface area (Å²) >= 11 is 0. The number of piperidine rings is 1. The molecule has 0 spiro atoms. The number of carbonyl (C=O) groups is 1. The molecule has 230 valence electrons. The maximum atomic E-state index is 15.1. The lowest BCUT2D eigenvalue weighted by Gasteiger charge is -2.25. The van der Waals surface area contributed by atoms with Crippen LogP contribution in [0.25, 0.3) is 11.1 Å². The standard InChI is InChI=1S/C24H23F3N6O2.C7H15N/c1-28-31-24(35-14-23(26)27)17-6-7-18(30-12-17)13-33(15-34)22-10-20(25)19(9-21(22)32(2)3)16-5-4-8-29-11-16;1-2-8-6-4-3-5-7-8/h4-12,15,23H,1,13-14H2,2-3H3;2-7H2,1H3/b31-24-;. The SMILES string of the molecule is C=N/N=C(\OCC(F)F)c1ccc(CN(C=O)c2cc(F)c(-c3cccnc3)cc2N(C)C)nc1.CCN1CCCCC1. The van der Waals surface area contributed by atoms with Crippen LogP contribution < -0.4 is 9.80 Å². The molecule has 1 saturated heterocycles. The molecule has 0 aliphatic carbocycles. The van der Waals surface area contributed by atoms with Gasteiger partial charge in [-0.3, -0.25) is 14.8 Å². The highest BCUT2D eigenvalue weighted by atomic mass is 19.3. The van der Waals surface area contributed by atoms with Gasteiger partial charge in [-0.15, -0.1) is 5.10 Å². The Kier molecular flexibility index (Phi) is 13.1. The van der Waals surface area contributed by atoms with Gasteiger partial charge in [0.1, 0.15) is 5.82 Å². The van der Waals surface area contributed by atoms with Crippen LogP contribution in [0.5, 0.6) is 0 Å². The smallest absolute Gasteiger partial charge is 0.272 e. The Morgan fingerprint density at radius 1 is 1.14 bits per heavy atom. The molecule has 0 saturated carbocycles. The van der Waals surface area contributed by atoms with E-state index in [9.17, 15) is 13.6 Å². The number of anilines is 2. The van der Waals surface area contributed by atoms with Crippen molar-refractivity contribution in [3.8, 4) is 11.1 Å². The predicted molar refractivity (Wildman–Crippen MR) is 164 cm³/mol. The van der Waals surface area contributed by atoms with E-state index in [2.05, 4.69) is 38.7 Å². The van der Waals surface area contributed by atoms with Gasteiger partial charge in [0, 0.05) is 56.6 Å². The summed E-state index contributed by atoms with van der Waals surface area (Å²) in [5, 5.41) is 6.93. The lowest BCUT2D eigenvalue weighted by molar-refractivity contribution is -0.107. The summed E-state index contributed by atoms with van der Waals surface area (Å²) in [6.07, 6.45) is 6.72. The molecule has 9 nitrogen and oxygen atoms in total. The molecule has 0 atom stereocenters. The quantitative estimate of drug-likeness (QED) is 0.123. The summed E-state index contributed by atoms with van der Waals surface area (Å²) in [7, 11) is 3.57. The molecule has 0 unspecified atom stereocenters. The van der Waals surface area contributed by atoms with Crippen LogP contribution in [0.15, 0.2) is 65.2 Å². The second-order valence-electron chi connectivity index (χ2n) is 9.97. The second kappa shape index (κ2) is 17.0. The summed E-state index contributed by atoms with van der Waals surface area (Å²) in [6.45, 7) is 8.55. The third-order valence-electron chi connectivity index (χ3n) is 6.76. The zero-order chi connectivity index (χ0) is 31.2. The minimum absolute atomic E-state index is 0.0281. The zero-order valence-electron chi connectivity index (χ0n) is 24.8. The van der Waals surface area contributed by atoms with Crippen molar-refractivity contribution in [3.63, 3.8) is 0 Å². The summed E-state index contributed by atoms with van der Waals surface area (Å²) in [6, 6.07) is 9.52. The average Bonchev–Trinajstić information content (AvgIpc) is 3.03. The largest absolute Gasteiger partial charge is 0.470 e. The Balaban J connectivity index is 0.000000546. The highest BCUT2D eigenvalue weighted by Gasteiger charge is 2.19. The van der Waals surface area contributed by atoms with Crippen LogP contribution in [-0.2, 0) is 16.1 Å². The van der Waals surface area contributed by atoms with Crippen LogP contribution in [0, 0.1) is 5.82 Å². The first-order valence-electron chi connectivity index (χ1n) is 14.0. The topological polar surface area (TPSA) is 86.5 Å². The lowest BCUT2D eigenvalue weighted by atomic mass is 10.0. The van der Waals surface area contributed by atoms with Gasteiger partial charge in [0.15, 0.2) is 6.61 Å². The van der Waals surface area contributed by atoms with Crippen molar-refractivity contribution in [2.75, 3.05) is 50.1 Å². The van der Waals surface area contributed by atoms with E-state index in [4.69, 9.17) is 4.74 Å². The van der Waals surface area contributed by atoms with Crippen molar-refractivity contribution < 1.29 is 22.7 Å². The zero-order valence-corrected chi connectivity index (χ0v) is 24.8. The molecule has 43 heavy (non-hydrogen) atoms. The van der Waals surface area contributed by atoms with E-state index in [1.54, 1.807) is 61.7 Å². The molecule has 3 heterocycles. The minimum atomic E-state index is -2.69. The van der Waals surface area contributed by atoms with Crippen LogP contribution in [0.4, 0.5) is 24.5 Å². The van der Waals surface area contributed by atoms with E-state index in [0.29, 0.717) is 40.2 Å². The van der Waals surface area contributed by atoms with Crippen molar-refractivity contribution in [2.45, 2.75) is 39.2 Å².